The molecule has 4 heteroatoms. The summed E-state index contributed by atoms with van der Waals surface area (Å²) in [6.45, 7) is 3.21. The third-order valence-corrected chi connectivity index (χ3v) is 4.71. The van der Waals surface area contributed by atoms with Gasteiger partial charge in [-0.2, -0.15) is 5.10 Å². The molecule has 3 rings (SSSR count). The molecule has 2 aromatic rings. The van der Waals surface area contributed by atoms with E-state index in [0.29, 0.717) is 6.04 Å². The van der Waals surface area contributed by atoms with Crippen LogP contribution >= 0.6 is 15.9 Å². The van der Waals surface area contributed by atoms with Crippen molar-refractivity contribution in [3.63, 3.8) is 0 Å². The van der Waals surface area contributed by atoms with Crippen LogP contribution in [0.15, 0.2) is 34.8 Å². The first-order valence-corrected chi connectivity index (χ1v) is 8.16. The number of rotatable bonds is 4. The van der Waals surface area contributed by atoms with E-state index in [4.69, 9.17) is 5.10 Å². The van der Waals surface area contributed by atoms with Crippen molar-refractivity contribution in [2.24, 2.45) is 0 Å². The third-order valence-electron chi connectivity index (χ3n) is 3.88. The Bertz CT molecular complexity index is 577. The zero-order chi connectivity index (χ0) is 13.9. The number of anilines is 1. The number of nitrogens with zero attached hydrogens (tertiary/aromatic N) is 2. The van der Waals surface area contributed by atoms with Crippen LogP contribution in [0.4, 0.5) is 5.82 Å². The predicted molar refractivity (Wildman–Crippen MR) is 86.2 cm³/mol. The van der Waals surface area contributed by atoms with E-state index in [2.05, 4.69) is 63.2 Å². The summed E-state index contributed by atoms with van der Waals surface area (Å²) in [5, 5.41) is 8.33. The Labute approximate surface area is 128 Å². The van der Waals surface area contributed by atoms with Crippen LogP contribution in [0.1, 0.15) is 43.5 Å². The zero-order valence-electron chi connectivity index (χ0n) is 11.8. The van der Waals surface area contributed by atoms with Crippen LogP contribution in [-0.2, 0) is 6.42 Å². The van der Waals surface area contributed by atoms with Crippen LogP contribution in [0.2, 0.25) is 0 Å². The Balaban J connectivity index is 1.96. The van der Waals surface area contributed by atoms with E-state index >= 15 is 0 Å². The Hall–Kier alpha value is -1.29. The summed E-state index contributed by atoms with van der Waals surface area (Å²) in [6, 6.07) is 11.0. The first-order chi connectivity index (χ1) is 9.81. The molecule has 0 saturated carbocycles. The van der Waals surface area contributed by atoms with Gasteiger partial charge in [0.05, 0.1) is 16.2 Å². The summed E-state index contributed by atoms with van der Waals surface area (Å²) >= 11 is 3.72. The molecule has 1 atom stereocenters. The molecule has 0 fully saturated rings. The minimum absolute atomic E-state index is 0.346. The molecule has 20 heavy (non-hydrogen) atoms. The Morgan fingerprint density at radius 2 is 2.15 bits per heavy atom. The molecule has 0 radical (unpaired) electrons. The summed E-state index contributed by atoms with van der Waals surface area (Å²) in [7, 11) is 0. The van der Waals surface area contributed by atoms with Crippen molar-refractivity contribution < 1.29 is 0 Å². The topological polar surface area (TPSA) is 29.9 Å². The first-order valence-electron chi connectivity index (χ1n) is 7.37. The SMILES string of the molecule is CCCCc1nn2c(c1Br)NCCC2c1ccccc1. The van der Waals surface area contributed by atoms with Gasteiger partial charge in [0.25, 0.3) is 0 Å². The summed E-state index contributed by atoms with van der Waals surface area (Å²) in [5.41, 5.74) is 2.52. The number of halogens is 1. The summed E-state index contributed by atoms with van der Waals surface area (Å²) in [4.78, 5) is 0. The molecule has 1 unspecified atom stereocenters. The molecular formula is C16H20BrN3. The van der Waals surface area contributed by atoms with E-state index < -0.39 is 0 Å². The smallest absolute Gasteiger partial charge is 0.139 e. The van der Waals surface area contributed by atoms with E-state index in [1.165, 1.54) is 24.1 Å². The molecule has 106 valence electrons. The second kappa shape index (κ2) is 6.00. The van der Waals surface area contributed by atoms with Gasteiger partial charge in [0.15, 0.2) is 0 Å². The number of aromatic nitrogens is 2. The summed E-state index contributed by atoms with van der Waals surface area (Å²) in [5.74, 6) is 1.14. The number of hydrogen-bond acceptors (Lipinski definition) is 2. The number of nitrogens with one attached hydrogen (secondary N) is 1. The van der Waals surface area contributed by atoms with Crippen LogP contribution in [-0.4, -0.2) is 16.3 Å². The van der Waals surface area contributed by atoms with Gasteiger partial charge in [0.1, 0.15) is 5.82 Å². The highest BCUT2D eigenvalue weighted by Gasteiger charge is 2.26. The second-order valence-electron chi connectivity index (χ2n) is 5.30. The highest BCUT2D eigenvalue weighted by molar-refractivity contribution is 9.10. The standard InChI is InChI=1S/C16H20BrN3/c1-2-3-9-13-15(17)16-18-11-10-14(20(16)19-13)12-7-5-4-6-8-12/h4-8,14,18H,2-3,9-11H2,1H3. The Morgan fingerprint density at radius 3 is 2.90 bits per heavy atom. The molecule has 0 spiro atoms. The number of fused-ring (bicyclic) bond motifs is 1. The number of unbranched alkanes of at least 4 members (excludes halogenated alkanes) is 1. The monoisotopic (exact) mass is 333 g/mol. The fourth-order valence-corrected chi connectivity index (χ4v) is 3.38. The van der Waals surface area contributed by atoms with Crippen LogP contribution < -0.4 is 5.32 Å². The van der Waals surface area contributed by atoms with Gasteiger partial charge >= 0.3 is 0 Å². The quantitative estimate of drug-likeness (QED) is 0.898. The molecule has 1 aliphatic heterocycles. The Morgan fingerprint density at radius 1 is 1.35 bits per heavy atom. The lowest BCUT2D eigenvalue weighted by molar-refractivity contribution is 0.477. The predicted octanol–water partition coefficient (Wildman–Crippen LogP) is 4.39. The molecule has 1 N–H and O–H groups in total. The molecule has 1 aliphatic rings. The van der Waals surface area contributed by atoms with E-state index in [-0.39, 0.29) is 0 Å². The molecule has 0 bridgehead atoms. The van der Waals surface area contributed by atoms with Crippen molar-refractivity contribution in [1.82, 2.24) is 9.78 Å². The van der Waals surface area contributed by atoms with Gasteiger partial charge in [-0.15, -0.1) is 0 Å². The zero-order valence-corrected chi connectivity index (χ0v) is 13.4. The number of aryl methyl sites for hydroxylation is 1. The van der Waals surface area contributed by atoms with Gasteiger partial charge in [-0.25, -0.2) is 4.68 Å². The third kappa shape index (κ3) is 2.49. The lowest BCUT2D eigenvalue weighted by Gasteiger charge is -2.26. The first kappa shape index (κ1) is 13.7. The van der Waals surface area contributed by atoms with Crippen molar-refractivity contribution >= 4 is 21.7 Å². The Kier molecular flexibility index (Phi) is 4.10. The minimum Gasteiger partial charge on any atom is -0.369 e. The highest BCUT2D eigenvalue weighted by Crippen LogP contribution is 2.36. The number of benzene rings is 1. The van der Waals surface area contributed by atoms with E-state index in [9.17, 15) is 0 Å². The van der Waals surface area contributed by atoms with Gasteiger partial charge in [0, 0.05) is 6.54 Å². The molecule has 1 aromatic heterocycles. The van der Waals surface area contributed by atoms with Crippen LogP contribution in [0, 0.1) is 0 Å². The molecule has 0 amide bonds. The summed E-state index contributed by atoms with van der Waals surface area (Å²) in [6.07, 6.45) is 4.51. The van der Waals surface area contributed by atoms with E-state index in [1.54, 1.807) is 0 Å². The van der Waals surface area contributed by atoms with Crippen molar-refractivity contribution in [3.05, 3.63) is 46.1 Å². The van der Waals surface area contributed by atoms with Crippen molar-refractivity contribution in [1.29, 1.82) is 0 Å². The number of hydrogen-bond donors (Lipinski definition) is 1. The second-order valence-corrected chi connectivity index (χ2v) is 6.09. The lowest BCUT2D eigenvalue weighted by Crippen LogP contribution is -2.24. The maximum atomic E-state index is 4.85. The van der Waals surface area contributed by atoms with Crippen molar-refractivity contribution in [2.75, 3.05) is 11.9 Å². The van der Waals surface area contributed by atoms with Crippen molar-refractivity contribution in [2.45, 2.75) is 38.6 Å². The molecule has 0 saturated heterocycles. The van der Waals surface area contributed by atoms with Gasteiger partial charge in [0.2, 0.25) is 0 Å². The van der Waals surface area contributed by atoms with Gasteiger partial charge in [-0.3, -0.25) is 0 Å². The van der Waals surface area contributed by atoms with Crippen molar-refractivity contribution in [3.8, 4) is 0 Å². The highest BCUT2D eigenvalue weighted by atomic mass is 79.9. The van der Waals surface area contributed by atoms with E-state index in [1.807, 2.05) is 0 Å². The largest absolute Gasteiger partial charge is 0.369 e. The normalized spacial score (nSPS) is 17.6. The lowest BCUT2D eigenvalue weighted by atomic mass is 10.0. The molecule has 0 aliphatic carbocycles. The van der Waals surface area contributed by atoms with Gasteiger partial charge < -0.3 is 5.32 Å². The van der Waals surface area contributed by atoms with Crippen LogP contribution in [0.25, 0.3) is 0 Å². The maximum absolute atomic E-state index is 4.85. The van der Waals surface area contributed by atoms with Gasteiger partial charge in [-0.1, -0.05) is 43.7 Å². The van der Waals surface area contributed by atoms with Crippen LogP contribution in [0.3, 0.4) is 0 Å². The summed E-state index contributed by atoms with van der Waals surface area (Å²) < 4.78 is 3.31. The van der Waals surface area contributed by atoms with E-state index in [0.717, 1.165) is 29.7 Å². The fraction of sp³-hybridized carbons (Fsp3) is 0.438. The van der Waals surface area contributed by atoms with Crippen LogP contribution in [0.5, 0.6) is 0 Å². The average molecular weight is 334 g/mol. The average Bonchev–Trinajstić information content (AvgIpc) is 2.83. The molecule has 3 nitrogen and oxygen atoms in total. The molecule has 1 aromatic carbocycles. The molecule has 2 heterocycles. The minimum atomic E-state index is 0.346. The van der Waals surface area contributed by atoms with Gasteiger partial charge in [-0.05, 0) is 40.8 Å². The molecular weight excluding hydrogens is 314 g/mol. The maximum Gasteiger partial charge on any atom is 0.139 e. The fourth-order valence-electron chi connectivity index (χ4n) is 2.78.